The van der Waals surface area contributed by atoms with Crippen LogP contribution >= 0.6 is 11.6 Å². The number of para-hydroxylation sites is 1. The molecule has 0 radical (unpaired) electrons. The van der Waals surface area contributed by atoms with Gasteiger partial charge in [0.05, 0.1) is 22.3 Å². The van der Waals surface area contributed by atoms with E-state index in [1.54, 1.807) is 24.3 Å². The first kappa shape index (κ1) is 18.3. The molecule has 4 rings (SSSR count). The van der Waals surface area contributed by atoms with Gasteiger partial charge in [0.1, 0.15) is 25.6 Å². The lowest BCUT2D eigenvalue weighted by Crippen LogP contribution is -2.17. The average molecular weight is 401 g/mol. The summed E-state index contributed by atoms with van der Waals surface area (Å²) in [6, 6.07) is 8.73. The van der Waals surface area contributed by atoms with E-state index in [0.717, 1.165) is 5.56 Å². The summed E-state index contributed by atoms with van der Waals surface area (Å²) in [5.41, 5.74) is 1.85. The van der Waals surface area contributed by atoms with Crippen molar-refractivity contribution in [2.75, 3.05) is 13.2 Å². The van der Waals surface area contributed by atoms with Gasteiger partial charge in [0.2, 0.25) is 0 Å². The van der Waals surface area contributed by atoms with Crippen LogP contribution in [0.25, 0.3) is 10.9 Å². The molecule has 1 aliphatic rings. The Balaban J connectivity index is 1.47. The Labute approximate surface area is 165 Å². The number of benzene rings is 2. The fraction of sp³-hybridized carbons (Fsp3) is 0.250. The molecule has 2 aromatic carbocycles. The minimum atomic E-state index is -0.472. The lowest BCUT2D eigenvalue weighted by atomic mass is 10.1. The van der Waals surface area contributed by atoms with Crippen molar-refractivity contribution in [1.29, 1.82) is 0 Å². The first-order valence-corrected chi connectivity index (χ1v) is 9.11. The van der Waals surface area contributed by atoms with Gasteiger partial charge in [-0.1, -0.05) is 23.7 Å². The Morgan fingerprint density at radius 1 is 1.29 bits per heavy atom. The van der Waals surface area contributed by atoms with Gasteiger partial charge >= 0.3 is 5.97 Å². The average Bonchev–Trinajstić information content (AvgIpc) is 2.67. The predicted molar refractivity (Wildman–Crippen MR) is 103 cm³/mol. The number of ether oxygens (including phenoxy) is 3. The van der Waals surface area contributed by atoms with E-state index in [1.807, 2.05) is 13.0 Å². The Morgan fingerprint density at radius 2 is 2.11 bits per heavy atom. The number of aromatic nitrogens is 2. The van der Waals surface area contributed by atoms with E-state index in [0.29, 0.717) is 52.0 Å². The number of nitrogens with one attached hydrogen (secondary N) is 1. The molecule has 1 N–H and O–H groups in total. The topological polar surface area (TPSA) is 90.5 Å². The number of aromatic amines is 1. The minimum Gasteiger partial charge on any atom is -0.486 e. The van der Waals surface area contributed by atoms with Gasteiger partial charge < -0.3 is 19.2 Å². The van der Waals surface area contributed by atoms with Gasteiger partial charge in [0.15, 0.2) is 11.5 Å². The number of nitrogens with zero attached hydrogens (tertiary/aromatic N) is 1. The van der Waals surface area contributed by atoms with Crippen molar-refractivity contribution in [3.05, 3.63) is 62.7 Å². The fourth-order valence-electron chi connectivity index (χ4n) is 3.05. The Bertz CT molecular complexity index is 1130. The predicted octanol–water partition coefficient (Wildman–Crippen LogP) is 2.94. The van der Waals surface area contributed by atoms with E-state index in [1.165, 1.54) is 0 Å². The molecule has 0 amide bonds. The minimum absolute atomic E-state index is 0.00714. The number of fused-ring (bicyclic) bond motifs is 2. The van der Waals surface area contributed by atoms with Gasteiger partial charge in [-0.2, -0.15) is 0 Å². The molecule has 1 aromatic heterocycles. The number of hydrogen-bond acceptors (Lipinski definition) is 6. The number of esters is 1. The lowest BCUT2D eigenvalue weighted by molar-refractivity contribution is -0.144. The van der Waals surface area contributed by atoms with Crippen molar-refractivity contribution in [2.45, 2.75) is 20.0 Å². The molecular formula is C20H17ClN2O5. The van der Waals surface area contributed by atoms with Gasteiger partial charge in [0.25, 0.3) is 5.56 Å². The summed E-state index contributed by atoms with van der Waals surface area (Å²) in [6.45, 7) is 2.61. The van der Waals surface area contributed by atoms with Crippen molar-refractivity contribution >= 4 is 28.5 Å². The molecular weight excluding hydrogens is 384 g/mol. The summed E-state index contributed by atoms with van der Waals surface area (Å²) in [5.74, 6) is 0.816. The molecule has 144 valence electrons. The number of aryl methyl sites for hydroxylation is 1. The quantitative estimate of drug-likeness (QED) is 0.677. The van der Waals surface area contributed by atoms with Crippen molar-refractivity contribution < 1.29 is 19.0 Å². The normalized spacial score (nSPS) is 12.8. The highest BCUT2D eigenvalue weighted by atomic mass is 35.5. The molecule has 0 unspecified atom stereocenters. The van der Waals surface area contributed by atoms with Gasteiger partial charge in [-0.25, -0.2) is 4.98 Å². The number of rotatable bonds is 4. The van der Waals surface area contributed by atoms with Crippen LogP contribution in [0.2, 0.25) is 5.02 Å². The van der Waals surface area contributed by atoms with Gasteiger partial charge in [-0.15, -0.1) is 0 Å². The molecule has 0 atom stereocenters. The van der Waals surface area contributed by atoms with Crippen molar-refractivity contribution in [3.8, 4) is 11.5 Å². The summed E-state index contributed by atoms with van der Waals surface area (Å²) in [6.07, 6.45) is 0.00714. The van der Waals surface area contributed by atoms with E-state index in [-0.39, 0.29) is 18.6 Å². The lowest BCUT2D eigenvalue weighted by Gasteiger charge is -2.20. The van der Waals surface area contributed by atoms with Gasteiger partial charge in [-0.3, -0.25) is 9.59 Å². The highest BCUT2D eigenvalue weighted by Gasteiger charge is 2.18. The highest BCUT2D eigenvalue weighted by molar-refractivity contribution is 6.32. The van der Waals surface area contributed by atoms with Crippen LogP contribution in [0.1, 0.15) is 17.0 Å². The third-order valence-electron chi connectivity index (χ3n) is 4.36. The van der Waals surface area contributed by atoms with Crippen LogP contribution in [0, 0.1) is 6.92 Å². The Hall–Kier alpha value is -3.06. The van der Waals surface area contributed by atoms with Crippen molar-refractivity contribution in [1.82, 2.24) is 9.97 Å². The maximum Gasteiger partial charge on any atom is 0.310 e. The summed E-state index contributed by atoms with van der Waals surface area (Å²) < 4.78 is 16.2. The second-order valence-corrected chi connectivity index (χ2v) is 6.83. The molecule has 0 spiro atoms. The van der Waals surface area contributed by atoms with Crippen LogP contribution in [0.3, 0.4) is 0 Å². The van der Waals surface area contributed by atoms with E-state index in [2.05, 4.69) is 9.97 Å². The zero-order valence-electron chi connectivity index (χ0n) is 15.1. The van der Waals surface area contributed by atoms with Gasteiger partial charge in [0, 0.05) is 0 Å². The highest BCUT2D eigenvalue weighted by Crippen LogP contribution is 2.38. The monoisotopic (exact) mass is 400 g/mol. The van der Waals surface area contributed by atoms with Crippen LogP contribution in [0.5, 0.6) is 11.5 Å². The van der Waals surface area contributed by atoms with Crippen LogP contribution in [0.15, 0.2) is 35.1 Å². The summed E-state index contributed by atoms with van der Waals surface area (Å²) in [5, 5.41) is 0.886. The molecule has 7 nitrogen and oxygen atoms in total. The standard InChI is InChI=1S/C20H17ClN2O5/c1-11-3-2-4-13-18(11)22-16(23-20(13)25)10-28-17(24)9-12-7-14(21)19-15(8-12)26-5-6-27-19/h2-4,7-8H,5-6,9-10H2,1H3,(H,22,23,25). The van der Waals surface area contributed by atoms with Crippen LogP contribution in [-0.4, -0.2) is 29.2 Å². The molecule has 1 aliphatic heterocycles. The number of halogens is 1. The summed E-state index contributed by atoms with van der Waals surface area (Å²) in [7, 11) is 0. The van der Waals surface area contributed by atoms with Crippen molar-refractivity contribution in [2.24, 2.45) is 0 Å². The zero-order chi connectivity index (χ0) is 19.7. The van der Waals surface area contributed by atoms with Crippen LogP contribution in [0.4, 0.5) is 0 Å². The molecule has 0 aliphatic carbocycles. The zero-order valence-corrected chi connectivity index (χ0v) is 15.8. The molecule has 28 heavy (non-hydrogen) atoms. The molecule has 0 saturated carbocycles. The number of carbonyl (C=O) groups excluding carboxylic acids is 1. The van der Waals surface area contributed by atoms with Crippen LogP contribution in [-0.2, 0) is 22.6 Å². The van der Waals surface area contributed by atoms with E-state index in [9.17, 15) is 9.59 Å². The van der Waals surface area contributed by atoms with E-state index < -0.39 is 5.97 Å². The molecule has 8 heteroatoms. The van der Waals surface area contributed by atoms with Crippen molar-refractivity contribution in [3.63, 3.8) is 0 Å². The largest absolute Gasteiger partial charge is 0.486 e. The number of carbonyl (C=O) groups is 1. The van der Waals surface area contributed by atoms with Gasteiger partial charge in [-0.05, 0) is 36.2 Å². The maximum absolute atomic E-state index is 12.2. The third-order valence-corrected chi connectivity index (χ3v) is 4.64. The molecule has 0 saturated heterocycles. The SMILES string of the molecule is Cc1cccc2c(=O)[nH]c(COC(=O)Cc3cc(Cl)c4c(c3)OCCO4)nc12. The second kappa shape index (κ2) is 7.52. The number of H-pyrrole nitrogens is 1. The van der Waals surface area contributed by atoms with E-state index >= 15 is 0 Å². The van der Waals surface area contributed by atoms with Crippen LogP contribution < -0.4 is 15.0 Å². The number of hydrogen-bond donors (Lipinski definition) is 1. The molecule has 0 fully saturated rings. The maximum atomic E-state index is 12.2. The second-order valence-electron chi connectivity index (χ2n) is 6.42. The summed E-state index contributed by atoms with van der Waals surface area (Å²) in [4.78, 5) is 31.4. The fourth-order valence-corrected chi connectivity index (χ4v) is 3.34. The first-order valence-electron chi connectivity index (χ1n) is 8.73. The Kier molecular flexibility index (Phi) is 4.92. The smallest absolute Gasteiger partial charge is 0.310 e. The Morgan fingerprint density at radius 3 is 2.96 bits per heavy atom. The molecule has 3 aromatic rings. The molecule has 0 bridgehead atoms. The van der Waals surface area contributed by atoms with E-state index in [4.69, 9.17) is 25.8 Å². The first-order chi connectivity index (χ1) is 13.5. The summed E-state index contributed by atoms with van der Waals surface area (Å²) >= 11 is 6.18. The third kappa shape index (κ3) is 3.66. The molecule has 2 heterocycles.